The van der Waals surface area contributed by atoms with Gasteiger partial charge in [-0.05, 0) is 24.1 Å². The maximum absolute atomic E-state index is 12.6. The lowest BCUT2D eigenvalue weighted by Gasteiger charge is -2.13. The molecule has 2 heterocycles. The maximum atomic E-state index is 12.6. The number of carbonyl (C=O) groups excluding carboxylic acids is 1. The molecule has 0 aliphatic carbocycles. The van der Waals surface area contributed by atoms with Crippen LogP contribution < -0.4 is 5.32 Å². The van der Waals surface area contributed by atoms with E-state index in [2.05, 4.69) is 5.32 Å². The average molecular weight is 383 g/mol. The highest BCUT2D eigenvalue weighted by atomic mass is 32.2. The van der Waals surface area contributed by atoms with Gasteiger partial charge in [-0.1, -0.05) is 42.5 Å². The first-order valence-corrected chi connectivity index (χ1v) is 10.8. The summed E-state index contributed by atoms with van der Waals surface area (Å²) in [6.45, 7) is 0.124. The molecule has 1 amide bonds. The van der Waals surface area contributed by atoms with Crippen LogP contribution in [-0.2, 0) is 27.6 Å². The lowest BCUT2D eigenvalue weighted by molar-refractivity contribution is -0.122. The fourth-order valence-electron chi connectivity index (χ4n) is 3.54. The van der Waals surface area contributed by atoms with Gasteiger partial charge < -0.3 is 9.88 Å². The molecule has 1 aliphatic heterocycles. The Kier molecular flexibility index (Phi) is 4.70. The number of carbonyl (C=O) groups is 1. The van der Waals surface area contributed by atoms with Gasteiger partial charge >= 0.3 is 0 Å². The summed E-state index contributed by atoms with van der Waals surface area (Å²) < 4.78 is 25.1. The Morgan fingerprint density at radius 3 is 2.59 bits per heavy atom. The molecular weight excluding hydrogens is 362 g/mol. The third kappa shape index (κ3) is 4.03. The molecule has 1 atom stereocenters. The number of fused-ring (bicyclic) bond motifs is 1. The normalized spacial score (nSPS) is 18.6. The molecule has 4 rings (SSSR count). The maximum Gasteiger partial charge on any atom is 0.240 e. The quantitative estimate of drug-likeness (QED) is 0.730. The Morgan fingerprint density at radius 2 is 1.85 bits per heavy atom. The largest absolute Gasteiger partial charge is 0.351 e. The Hall–Kier alpha value is -2.67. The molecule has 2 aromatic carbocycles. The van der Waals surface area contributed by atoms with Crippen LogP contribution in [0.3, 0.4) is 0 Å². The monoisotopic (exact) mass is 383 g/mol. The number of hydrogen-bond acceptors (Lipinski definition) is 4. The van der Waals surface area contributed by atoms with Gasteiger partial charge in [-0.3, -0.25) is 4.79 Å². The standard InChI is InChI=1S/C20H21N3O3S/c24-20(21-16-10-11-27(25,26)14-16)13-23-18-9-5-4-8-17(18)22-19(23)12-15-6-2-1-3-7-15/h1-9,16H,10-14H2,(H,21,24). The zero-order valence-electron chi connectivity index (χ0n) is 14.8. The van der Waals surface area contributed by atoms with E-state index in [9.17, 15) is 13.2 Å². The smallest absolute Gasteiger partial charge is 0.240 e. The molecule has 7 heteroatoms. The van der Waals surface area contributed by atoms with Crippen molar-refractivity contribution in [2.45, 2.75) is 25.4 Å². The van der Waals surface area contributed by atoms with Gasteiger partial charge in [0.05, 0.1) is 22.5 Å². The average Bonchev–Trinajstić information content (AvgIpc) is 3.15. The van der Waals surface area contributed by atoms with Crippen molar-refractivity contribution < 1.29 is 13.2 Å². The van der Waals surface area contributed by atoms with E-state index in [-0.39, 0.29) is 30.0 Å². The van der Waals surface area contributed by atoms with Crippen LogP contribution in [0.15, 0.2) is 54.6 Å². The summed E-state index contributed by atoms with van der Waals surface area (Å²) in [5.41, 5.74) is 2.87. The summed E-state index contributed by atoms with van der Waals surface area (Å²) in [6, 6.07) is 17.4. The second-order valence-corrected chi connectivity index (χ2v) is 9.16. The van der Waals surface area contributed by atoms with Crippen LogP contribution in [0.1, 0.15) is 17.8 Å². The number of rotatable bonds is 5. The summed E-state index contributed by atoms with van der Waals surface area (Å²) in [7, 11) is -3.02. The minimum Gasteiger partial charge on any atom is -0.351 e. The number of aromatic nitrogens is 2. The van der Waals surface area contributed by atoms with Crippen molar-refractivity contribution in [3.63, 3.8) is 0 Å². The third-order valence-electron chi connectivity index (χ3n) is 4.84. The molecule has 1 fully saturated rings. The SMILES string of the molecule is O=C(Cn1c(Cc2ccccc2)nc2ccccc21)NC1CCS(=O)(=O)C1. The number of imidazole rings is 1. The van der Waals surface area contributed by atoms with Gasteiger partial charge in [0.1, 0.15) is 12.4 Å². The summed E-state index contributed by atoms with van der Waals surface area (Å²) in [4.78, 5) is 17.3. The van der Waals surface area contributed by atoms with Crippen molar-refractivity contribution in [1.29, 1.82) is 0 Å². The van der Waals surface area contributed by atoms with Gasteiger partial charge in [-0.2, -0.15) is 0 Å². The Morgan fingerprint density at radius 1 is 1.11 bits per heavy atom. The molecule has 140 valence electrons. The number of sulfone groups is 1. The van der Waals surface area contributed by atoms with Crippen LogP contribution in [0.4, 0.5) is 0 Å². The zero-order valence-corrected chi connectivity index (χ0v) is 15.7. The fraction of sp³-hybridized carbons (Fsp3) is 0.300. The van der Waals surface area contributed by atoms with Gasteiger partial charge in [0, 0.05) is 12.5 Å². The highest BCUT2D eigenvalue weighted by molar-refractivity contribution is 7.91. The lowest BCUT2D eigenvalue weighted by Crippen LogP contribution is -2.38. The number of amides is 1. The number of nitrogens with one attached hydrogen (secondary N) is 1. The molecule has 1 saturated heterocycles. The topological polar surface area (TPSA) is 81.1 Å². The summed E-state index contributed by atoms with van der Waals surface area (Å²) in [6.07, 6.45) is 1.11. The Balaban J connectivity index is 1.58. The number of nitrogens with zero attached hydrogens (tertiary/aromatic N) is 2. The van der Waals surface area contributed by atoms with Crippen molar-refractivity contribution >= 4 is 26.8 Å². The minimum absolute atomic E-state index is 0.0281. The van der Waals surface area contributed by atoms with Crippen LogP contribution >= 0.6 is 0 Å². The van der Waals surface area contributed by atoms with Crippen molar-refractivity contribution in [3.05, 3.63) is 66.0 Å². The predicted molar refractivity (Wildman–Crippen MR) is 104 cm³/mol. The first kappa shape index (κ1) is 17.7. The molecule has 3 aromatic rings. The Labute approximate surface area is 158 Å². The lowest BCUT2D eigenvalue weighted by atomic mass is 10.1. The zero-order chi connectivity index (χ0) is 18.9. The van der Waals surface area contributed by atoms with E-state index in [1.165, 1.54) is 0 Å². The number of benzene rings is 2. The highest BCUT2D eigenvalue weighted by Crippen LogP contribution is 2.19. The van der Waals surface area contributed by atoms with Crippen LogP contribution in [0.2, 0.25) is 0 Å². The van der Waals surface area contributed by atoms with Crippen LogP contribution in [0.25, 0.3) is 11.0 Å². The molecule has 0 spiro atoms. The van der Waals surface area contributed by atoms with E-state index >= 15 is 0 Å². The number of hydrogen-bond donors (Lipinski definition) is 1. The van der Waals surface area contributed by atoms with E-state index in [1.807, 2.05) is 59.2 Å². The fourth-order valence-corrected chi connectivity index (χ4v) is 5.21. The van der Waals surface area contributed by atoms with Gasteiger partial charge in [0.2, 0.25) is 5.91 Å². The van der Waals surface area contributed by atoms with Gasteiger partial charge in [-0.25, -0.2) is 13.4 Å². The molecule has 0 radical (unpaired) electrons. The van der Waals surface area contributed by atoms with Crippen molar-refractivity contribution in [1.82, 2.24) is 14.9 Å². The van der Waals surface area contributed by atoms with Gasteiger partial charge in [0.25, 0.3) is 0 Å². The first-order chi connectivity index (χ1) is 13.0. The molecule has 0 bridgehead atoms. The van der Waals surface area contributed by atoms with Gasteiger partial charge in [0.15, 0.2) is 9.84 Å². The first-order valence-electron chi connectivity index (χ1n) is 8.98. The van der Waals surface area contributed by atoms with Gasteiger partial charge in [-0.15, -0.1) is 0 Å². The number of para-hydroxylation sites is 2. The molecule has 1 N–H and O–H groups in total. The van der Waals surface area contributed by atoms with Crippen LogP contribution in [0, 0.1) is 0 Å². The molecule has 1 aromatic heterocycles. The third-order valence-corrected chi connectivity index (χ3v) is 6.61. The molecular formula is C20H21N3O3S. The summed E-state index contributed by atoms with van der Waals surface area (Å²) in [5.74, 6) is 0.803. The van der Waals surface area contributed by atoms with Crippen molar-refractivity contribution in [3.8, 4) is 0 Å². The predicted octanol–water partition coefficient (Wildman–Crippen LogP) is 1.93. The van der Waals surface area contributed by atoms with E-state index in [4.69, 9.17) is 4.98 Å². The van der Waals surface area contributed by atoms with E-state index in [0.29, 0.717) is 12.8 Å². The Bertz CT molecular complexity index is 1070. The minimum atomic E-state index is -3.02. The molecule has 1 unspecified atom stereocenters. The van der Waals surface area contributed by atoms with Crippen molar-refractivity contribution in [2.24, 2.45) is 0 Å². The van der Waals surface area contributed by atoms with E-state index < -0.39 is 9.84 Å². The van der Waals surface area contributed by atoms with Crippen molar-refractivity contribution in [2.75, 3.05) is 11.5 Å². The molecule has 1 aliphatic rings. The second kappa shape index (κ2) is 7.15. The highest BCUT2D eigenvalue weighted by Gasteiger charge is 2.29. The van der Waals surface area contributed by atoms with Crippen LogP contribution in [-0.4, -0.2) is 41.4 Å². The summed E-state index contributed by atoms with van der Waals surface area (Å²) >= 11 is 0. The summed E-state index contributed by atoms with van der Waals surface area (Å²) in [5, 5.41) is 2.86. The van der Waals surface area contributed by atoms with E-state index in [0.717, 1.165) is 22.4 Å². The van der Waals surface area contributed by atoms with Crippen LogP contribution in [0.5, 0.6) is 0 Å². The second-order valence-electron chi connectivity index (χ2n) is 6.93. The molecule has 27 heavy (non-hydrogen) atoms. The van der Waals surface area contributed by atoms with E-state index in [1.54, 1.807) is 0 Å². The molecule has 0 saturated carbocycles. The molecule has 6 nitrogen and oxygen atoms in total.